The number of hydrogen-bond acceptors (Lipinski definition) is 7. The Morgan fingerprint density at radius 3 is 2.48 bits per heavy atom. The number of carbonyl (C=O) groups excluding carboxylic acids is 1. The van der Waals surface area contributed by atoms with Crippen molar-refractivity contribution < 1.29 is 24.7 Å². The molecule has 0 radical (unpaired) electrons. The average Bonchev–Trinajstić information content (AvgIpc) is 3.16. The number of benzene rings is 2. The maximum absolute atomic E-state index is 12.3. The number of hydrazone groups is 1. The third kappa shape index (κ3) is 5.62. The van der Waals surface area contributed by atoms with Gasteiger partial charge in [0.05, 0.1) is 21.1 Å². The van der Waals surface area contributed by atoms with Gasteiger partial charge in [0, 0.05) is 22.0 Å². The Kier molecular flexibility index (Phi) is 7.21. The lowest BCUT2D eigenvalue weighted by Gasteiger charge is -2.04. The number of amides is 1. The van der Waals surface area contributed by atoms with Crippen LogP contribution in [0.3, 0.4) is 0 Å². The van der Waals surface area contributed by atoms with Gasteiger partial charge in [-0.05, 0) is 42.8 Å². The van der Waals surface area contributed by atoms with Crippen LogP contribution < -0.4 is 5.43 Å². The predicted molar refractivity (Wildman–Crippen MR) is 126 cm³/mol. The second-order valence-corrected chi connectivity index (χ2v) is 8.03. The summed E-state index contributed by atoms with van der Waals surface area (Å²) in [6.07, 6.45) is 3.55. The number of halogens is 1. The molecule has 0 unspecified atom stereocenters. The summed E-state index contributed by atoms with van der Waals surface area (Å²) in [5, 5.41) is 36.9. The second-order valence-electron chi connectivity index (χ2n) is 6.68. The van der Waals surface area contributed by atoms with Crippen molar-refractivity contribution in [3.63, 3.8) is 0 Å². The lowest BCUT2D eigenvalue weighted by atomic mass is 10.1. The molecule has 2 aromatic carbocycles. The summed E-state index contributed by atoms with van der Waals surface area (Å²) < 4.78 is 0. The Morgan fingerprint density at radius 2 is 1.85 bits per heavy atom. The molecule has 0 saturated heterocycles. The highest BCUT2D eigenvalue weighted by atomic mass is 35.5. The van der Waals surface area contributed by atoms with Crippen molar-refractivity contribution in [2.75, 3.05) is 0 Å². The molecular formula is C22H16ClN3O6S. The van der Waals surface area contributed by atoms with E-state index in [0.717, 1.165) is 23.8 Å². The summed E-state index contributed by atoms with van der Waals surface area (Å²) in [4.78, 5) is 34.2. The number of nitro groups is 1. The van der Waals surface area contributed by atoms with E-state index in [9.17, 15) is 24.8 Å². The molecule has 1 amide bonds. The van der Waals surface area contributed by atoms with Gasteiger partial charge in [-0.25, -0.2) is 10.2 Å². The minimum Gasteiger partial charge on any atom is -0.506 e. The second kappa shape index (κ2) is 10.1. The van der Waals surface area contributed by atoms with Crippen LogP contribution in [0.25, 0.3) is 12.2 Å². The molecular weight excluding hydrogens is 470 g/mol. The molecule has 1 heterocycles. The van der Waals surface area contributed by atoms with E-state index in [2.05, 4.69) is 10.5 Å². The van der Waals surface area contributed by atoms with Gasteiger partial charge in [-0.1, -0.05) is 29.8 Å². The molecule has 0 fully saturated rings. The number of thiophene rings is 1. The number of carboxylic acids is 1. The van der Waals surface area contributed by atoms with Crippen LogP contribution in [0.5, 0.6) is 5.75 Å². The van der Waals surface area contributed by atoms with Gasteiger partial charge in [0.25, 0.3) is 11.6 Å². The smallest absolute Gasteiger partial charge is 0.342 e. The molecule has 0 aliphatic heterocycles. The summed E-state index contributed by atoms with van der Waals surface area (Å²) in [5.41, 5.74) is 2.49. The fourth-order valence-corrected chi connectivity index (χ4v) is 3.77. The van der Waals surface area contributed by atoms with Gasteiger partial charge >= 0.3 is 5.97 Å². The van der Waals surface area contributed by atoms with Crippen molar-refractivity contribution in [2.45, 2.75) is 6.92 Å². The first-order valence-electron chi connectivity index (χ1n) is 9.28. The van der Waals surface area contributed by atoms with Gasteiger partial charge in [0.1, 0.15) is 11.3 Å². The monoisotopic (exact) mass is 485 g/mol. The van der Waals surface area contributed by atoms with Gasteiger partial charge < -0.3 is 10.2 Å². The first kappa shape index (κ1) is 23.6. The van der Waals surface area contributed by atoms with Crippen LogP contribution in [0.15, 0.2) is 52.9 Å². The van der Waals surface area contributed by atoms with Crippen LogP contribution in [0.4, 0.5) is 5.69 Å². The van der Waals surface area contributed by atoms with Crippen molar-refractivity contribution in [3.8, 4) is 5.75 Å². The van der Waals surface area contributed by atoms with Gasteiger partial charge in [-0.2, -0.15) is 5.10 Å². The molecule has 0 atom stereocenters. The highest BCUT2D eigenvalue weighted by Crippen LogP contribution is 2.32. The molecule has 33 heavy (non-hydrogen) atoms. The summed E-state index contributed by atoms with van der Waals surface area (Å²) in [7, 11) is 0. The number of nitro benzene ring substituents is 1. The van der Waals surface area contributed by atoms with E-state index >= 15 is 0 Å². The van der Waals surface area contributed by atoms with Gasteiger partial charge in [0.15, 0.2) is 0 Å². The standard InChI is InChI=1S/C22H16ClN3O6S/c1-12(17-11-33-19(20(17)27)9-4-13-2-6-15(23)7-3-13)24-25-21(28)14-5-8-16(22(29)30)18(10-14)26(31)32/h2-11,27H,1H3,(H,25,28)(H,29,30)/b9-4+,24-12+. The highest BCUT2D eigenvalue weighted by Gasteiger charge is 2.22. The molecule has 1 aromatic heterocycles. The molecule has 0 spiro atoms. The molecule has 3 rings (SSSR count). The average molecular weight is 486 g/mol. The Hall–Kier alpha value is -4.02. The summed E-state index contributed by atoms with van der Waals surface area (Å²) >= 11 is 7.15. The summed E-state index contributed by atoms with van der Waals surface area (Å²) in [5.74, 6) is -2.26. The maximum Gasteiger partial charge on any atom is 0.342 e. The Balaban J connectivity index is 1.75. The zero-order chi connectivity index (χ0) is 24.1. The minimum atomic E-state index is -1.48. The Morgan fingerprint density at radius 1 is 1.15 bits per heavy atom. The molecule has 168 valence electrons. The van der Waals surface area contributed by atoms with Crippen molar-refractivity contribution in [3.05, 3.63) is 90.1 Å². The van der Waals surface area contributed by atoms with E-state index in [0.29, 0.717) is 21.2 Å². The zero-order valence-electron chi connectivity index (χ0n) is 17.0. The van der Waals surface area contributed by atoms with Crippen LogP contribution in [0.1, 0.15) is 43.6 Å². The van der Waals surface area contributed by atoms with E-state index < -0.39 is 28.1 Å². The number of rotatable bonds is 7. The van der Waals surface area contributed by atoms with E-state index in [1.807, 2.05) is 18.2 Å². The highest BCUT2D eigenvalue weighted by molar-refractivity contribution is 7.11. The first-order chi connectivity index (χ1) is 15.7. The van der Waals surface area contributed by atoms with Crippen LogP contribution in [-0.4, -0.2) is 32.7 Å². The molecule has 0 saturated carbocycles. The maximum atomic E-state index is 12.3. The van der Waals surface area contributed by atoms with Crippen molar-refractivity contribution in [2.24, 2.45) is 5.10 Å². The molecule has 9 nitrogen and oxygen atoms in total. The van der Waals surface area contributed by atoms with Gasteiger partial charge in [0.2, 0.25) is 0 Å². The molecule has 0 aliphatic rings. The van der Waals surface area contributed by atoms with Gasteiger partial charge in [-0.3, -0.25) is 14.9 Å². The van der Waals surface area contributed by atoms with Gasteiger partial charge in [-0.15, -0.1) is 11.3 Å². The van der Waals surface area contributed by atoms with Crippen molar-refractivity contribution in [1.82, 2.24) is 5.43 Å². The quantitative estimate of drug-likeness (QED) is 0.243. The fourth-order valence-electron chi connectivity index (χ4n) is 2.75. The van der Waals surface area contributed by atoms with Crippen LogP contribution in [-0.2, 0) is 0 Å². The van der Waals surface area contributed by atoms with Crippen molar-refractivity contribution in [1.29, 1.82) is 0 Å². The van der Waals surface area contributed by atoms with Crippen molar-refractivity contribution >= 4 is 58.4 Å². The van der Waals surface area contributed by atoms with E-state index in [-0.39, 0.29) is 11.3 Å². The molecule has 11 heteroatoms. The number of nitrogens with zero attached hydrogens (tertiary/aromatic N) is 2. The van der Waals surface area contributed by atoms with E-state index in [1.165, 1.54) is 11.3 Å². The Bertz CT molecular complexity index is 1300. The largest absolute Gasteiger partial charge is 0.506 e. The molecule has 0 aliphatic carbocycles. The topological polar surface area (TPSA) is 142 Å². The summed E-state index contributed by atoms with van der Waals surface area (Å²) in [6, 6.07) is 10.2. The normalized spacial score (nSPS) is 11.5. The Labute approximate surface area is 196 Å². The number of carbonyl (C=O) groups is 2. The van der Waals surface area contributed by atoms with E-state index in [1.54, 1.807) is 30.5 Å². The summed E-state index contributed by atoms with van der Waals surface area (Å²) in [6.45, 7) is 1.57. The zero-order valence-corrected chi connectivity index (χ0v) is 18.6. The number of nitrogens with one attached hydrogen (secondary N) is 1. The molecule has 3 N–H and O–H groups in total. The SMILES string of the molecule is C/C(=N\NC(=O)c1ccc(C(=O)O)c([N+](=O)[O-])c1)c1csc(/C=C/c2ccc(Cl)cc2)c1O. The van der Waals surface area contributed by atoms with Crippen LogP contribution in [0, 0.1) is 10.1 Å². The lowest BCUT2D eigenvalue weighted by molar-refractivity contribution is -0.385. The van der Waals surface area contributed by atoms with Crippen LogP contribution >= 0.6 is 22.9 Å². The number of aromatic hydroxyl groups is 1. The lowest BCUT2D eigenvalue weighted by Crippen LogP contribution is -2.19. The molecule has 3 aromatic rings. The van der Waals surface area contributed by atoms with Crippen LogP contribution in [0.2, 0.25) is 5.02 Å². The number of aromatic carboxylic acids is 1. The third-order valence-electron chi connectivity index (χ3n) is 4.49. The number of hydrogen-bond donors (Lipinski definition) is 3. The predicted octanol–water partition coefficient (Wildman–Crippen LogP) is 5.04. The molecule has 0 bridgehead atoms. The fraction of sp³-hybridized carbons (Fsp3) is 0.0455. The van der Waals surface area contributed by atoms with E-state index in [4.69, 9.17) is 16.7 Å². The first-order valence-corrected chi connectivity index (χ1v) is 10.5. The number of carboxylic acid groups (broad SMARTS) is 1. The minimum absolute atomic E-state index is 0.0119. The third-order valence-corrected chi connectivity index (χ3v) is 5.68.